The van der Waals surface area contributed by atoms with E-state index in [1.54, 1.807) is 0 Å². The van der Waals surface area contributed by atoms with Crippen molar-refractivity contribution < 1.29 is 14.0 Å². The van der Waals surface area contributed by atoms with Crippen LogP contribution in [-0.2, 0) is 4.79 Å². The van der Waals surface area contributed by atoms with Crippen molar-refractivity contribution in [2.75, 3.05) is 44.6 Å². The van der Waals surface area contributed by atoms with Crippen LogP contribution < -0.4 is 16.0 Å². The number of carbonyl (C=O) groups is 2. The van der Waals surface area contributed by atoms with Gasteiger partial charge in [0, 0.05) is 51.3 Å². The minimum absolute atomic E-state index is 0. The molecule has 6 nitrogen and oxygen atoms in total. The normalized spacial score (nSPS) is 14.6. The Kier molecular flexibility index (Phi) is 9.54. The maximum absolute atomic E-state index is 14.1. The molecule has 1 aromatic carbocycles. The van der Waals surface area contributed by atoms with E-state index in [0.717, 1.165) is 38.8 Å². The van der Waals surface area contributed by atoms with Gasteiger partial charge in [0.05, 0.1) is 5.69 Å². The highest BCUT2D eigenvalue weighted by atomic mass is 35.5. The Bertz CT molecular complexity index is 607. The Balaban J connectivity index is 0.00000338. The molecule has 2 amide bonds. The molecule has 0 bridgehead atoms. The molecule has 1 aromatic rings. The van der Waals surface area contributed by atoms with Crippen molar-refractivity contribution in [1.82, 2.24) is 15.5 Å². The fourth-order valence-corrected chi connectivity index (χ4v) is 2.69. The van der Waals surface area contributed by atoms with Crippen LogP contribution in [-0.4, -0.2) is 56.0 Å². The van der Waals surface area contributed by atoms with Gasteiger partial charge in [-0.05, 0) is 24.1 Å². The molecule has 0 radical (unpaired) electrons. The van der Waals surface area contributed by atoms with E-state index in [1.165, 1.54) is 12.1 Å². The van der Waals surface area contributed by atoms with Crippen LogP contribution in [0.5, 0.6) is 0 Å². The van der Waals surface area contributed by atoms with Gasteiger partial charge in [-0.3, -0.25) is 14.5 Å². The second kappa shape index (κ2) is 11.1. The van der Waals surface area contributed by atoms with Crippen molar-refractivity contribution in [3.8, 4) is 0 Å². The van der Waals surface area contributed by atoms with Crippen molar-refractivity contribution in [3.63, 3.8) is 0 Å². The summed E-state index contributed by atoms with van der Waals surface area (Å²) in [5.41, 5.74) is 0.350. The highest BCUT2D eigenvalue weighted by Crippen LogP contribution is 2.16. The molecule has 0 unspecified atom stereocenters. The van der Waals surface area contributed by atoms with E-state index in [9.17, 15) is 14.0 Å². The van der Waals surface area contributed by atoms with Crippen LogP contribution in [0, 0.1) is 11.7 Å². The van der Waals surface area contributed by atoms with Crippen molar-refractivity contribution in [1.29, 1.82) is 0 Å². The SMILES string of the molecule is CC(C)CC(=O)Nc1ccc(C(=O)NCCN2CCNCC2)cc1F.Cl. The zero-order valence-corrected chi connectivity index (χ0v) is 16.1. The van der Waals surface area contributed by atoms with Crippen LogP contribution in [0.4, 0.5) is 10.1 Å². The summed E-state index contributed by atoms with van der Waals surface area (Å²) in [6, 6.07) is 4.11. The zero-order valence-electron chi connectivity index (χ0n) is 15.3. The third-order valence-corrected chi connectivity index (χ3v) is 4.02. The second-order valence-electron chi connectivity index (χ2n) is 6.69. The molecule has 1 fully saturated rings. The van der Waals surface area contributed by atoms with E-state index >= 15 is 0 Å². The average Bonchev–Trinajstić information content (AvgIpc) is 2.57. The fourth-order valence-electron chi connectivity index (χ4n) is 2.69. The summed E-state index contributed by atoms with van der Waals surface area (Å²) < 4.78 is 14.1. The highest BCUT2D eigenvalue weighted by Gasteiger charge is 2.13. The van der Waals surface area contributed by atoms with Crippen molar-refractivity contribution in [2.45, 2.75) is 20.3 Å². The summed E-state index contributed by atoms with van der Waals surface area (Å²) in [5, 5.41) is 8.61. The Morgan fingerprint density at radius 1 is 1.27 bits per heavy atom. The lowest BCUT2D eigenvalue weighted by molar-refractivity contribution is -0.116. The molecule has 1 saturated heterocycles. The number of benzene rings is 1. The monoisotopic (exact) mass is 386 g/mol. The smallest absolute Gasteiger partial charge is 0.251 e. The van der Waals surface area contributed by atoms with Crippen molar-refractivity contribution >= 4 is 29.9 Å². The lowest BCUT2D eigenvalue weighted by Crippen LogP contribution is -2.46. The van der Waals surface area contributed by atoms with Crippen LogP contribution in [0.2, 0.25) is 0 Å². The number of carbonyl (C=O) groups excluding carboxylic acids is 2. The molecule has 2 rings (SSSR count). The molecule has 8 heteroatoms. The van der Waals surface area contributed by atoms with Gasteiger partial charge in [0.15, 0.2) is 0 Å². The maximum atomic E-state index is 14.1. The lowest BCUT2D eigenvalue weighted by atomic mass is 10.1. The van der Waals surface area contributed by atoms with Crippen molar-refractivity contribution in [3.05, 3.63) is 29.6 Å². The summed E-state index contributed by atoms with van der Waals surface area (Å²) in [5.74, 6) is -0.952. The number of nitrogens with zero attached hydrogens (tertiary/aromatic N) is 1. The summed E-state index contributed by atoms with van der Waals surface area (Å²) in [6.45, 7) is 9.00. The van der Waals surface area contributed by atoms with Gasteiger partial charge in [-0.15, -0.1) is 12.4 Å². The molecule has 0 aromatic heterocycles. The van der Waals surface area contributed by atoms with Gasteiger partial charge >= 0.3 is 0 Å². The van der Waals surface area contributed by atoms with Crippen LogP contribution in [0.3, 0.4) is 0 Å². The zero-order chi connectivity index (χ0) is 18.2. The van der Waals surface area contributed by atoms with Gasteiger partial charge in [0.2, 0.25) is 5.91 Å². The first-order valence-electron chi connectivity index (χ1n) is 8.76. The first-order valence-corrected chi connectivity index (χ1v) is 8.76. The van der Waals surface area contributed by atoms with Crippen molar-refractivity contribution in [2.24, 2.45) is 5.92 Å². The molecule has 0 atom stereocenters. The van der Waals surface area contributed by atoms with Gasteiger partial charge in [-0.25, -0.2) is 4.39 Å². The molecule has 1 aliphatic heterocycles. The van der Waals surface area contributed by atoms with Crippen LogP contribution in [0.15, 0.2) is 18.2 Å². The third-order valence-electron chi connectivity index (χ3n) is 4.02. The summed E-state index contributed by atoms with van der Waals surface area (Å²) in [7, 11) is 0. The highest BCUT2D eigenvalue weighted by molar-refractivity contribution is 5.96. The average molecular weight is 387 g/mol. The van der Waals surface area contributed by atoms with Gasteiger partial charge in [0.25, 0.3) is 5.91 Å². The van der Waals surface area contributed by atoms with E-state index in [2.05, 4.69) is 20.9 Å². The molecule has 1 heterocycles. The Morgan fingerprint density at radius 3 is 2.58 bits per heavy atom. The summed E-state index contributed by atoms with van der Waals surface area (Å²) in [4.78, 5) is 26.1. The molecule has 146 valence electrons. The minimum atomic E-state index is -0.605. The number of nitrogens with one attached hydrogen (secondary N) is 3. The molecule has 3 N–H and O–H groups in total. The predicted octanol–water partition coefficient (Wildman–Crippen LogP) is 1.87. The first-order chi connectivity index (χ1) is 12.0. The molecule has 0 spiro atoms. The van der Waals surface area contributed by atoms with E-state index in [4.69, 9.17) is 0 Å². The molecular formula is C18H28ClFN4O2. The first kappa shape index (κ1) is 22.3. The number of amides is 2. The Labute approximate surface area is 160 Å². The number of halogens is 2. The standard InChI is InChI=1S/C18H27FN4O2.ClH/c1-13(2)11-17(24)22-16-4-3-14(12-15(16)19)18(25)21-7-10-23-8-5-20-6-9-23;/h3-4,12-13,20H,5-11H2,1-2H3,(H,21,25)(H,22,24);1H. The van der Waals surface area contributed by atoms with E-state index in [1.807, 2.05) is 13.8 Å². The predicted molar refractivity (Wildman–Crippen MR) is 103 cm³/mol. The Morgan fingerprint density at radius 2 is 1.96 bits per heavy atom. The van der Waals surface area contributed by atoms with Gasteiger partial charge < -0.3 is 16.0 Å². The molecular weight excluding hydrogens is 359 g/mol. The Hall–Kier alpha value is -1.70. The number of rotatable bonds is 7. The molecule has 0 saturated carbocycles. The number of hydrogen-bond acceptors (Lipinski definition) is 4. The fraction of sp³-hybridized carbons (Fsp3) is 0.556. The van der Waals surface area contributed by atoms with Crippen LogP contribution in [0.25, 0.3) is 0 Å². The van der Waals surface area contributed by atoms with Crippen LogP contribution >= 0.6 is 12.4 Å². The lowest BCUT2D eigenvalue weighted by Gasteiger charge is -2.27. The number of hydrogen-bond donors (Lipinski definition) is 3. The molecule has 1 aliphatic rings. The molecule has 0 aliphatic carbocycles. The van der Waals surface area contributed by atoms with E-state index in [0.29, 0.717) is 13.0 Å². The van der Waals surface area contributed by atoms with Gasteiger partial charge in [-0.2, -0.15) is 0 Å². The van der Waals surface area contributed by atoms with E-state index in [-0.39, 0.29) is 41.4 Å². The number of anilines is 1. The summed E-state index contributed by atoms with van der Waals surface area (Å²) in [6.07, 6.45) is 0.327. The minimum Gasteiger partial charge on any atom is -0.351 e. The quantitative estimate of drug-likeness (QED) is 0.668. The number of piperazine rings is 1. The topological polar surface area (TPSA) is 73.5 Å². The third kappa shape index (κ3) is 7.27. The molecule has 26 heavy (non-hydrogen) atoms. The second-order valence-corrected chi connectivity index (χ2v) is 6.69. The summed E-state index contributed by atoms with van der Waals surface area (Å²) >= 11 is 0. The van der Waals surface area contributed by atoms with Gasteiger partial charge in [0.1, 0.15) is 5.82 Å². The van der Waals surface area contributed by atoms with E-state index < -0.39 is 5.82 Å². The van der Waals surface area contributed by atoms with Gasteiger partial charge in [-0.1, -0.05) is 13.8 Å². The maximum Gasteiger partial charge on any atom is 0.251 e. The van der Waals surface area contributed by atoms with Crippen LogP contribution in [0.1, 0.15) is 30.6 Å². The largest absolute Gasteiger partial charge is 0.351 e.